The van der Waals surface area contributed by atoms with Gasteiger partial charge < -0.3 is 20.2 Å². The van der Waals surface area contributed by atoms with Gasteiger partial charge >= 0.3 is 11.9 Å². The molecule has 0 aromatic carbocycles. The first-order chi connectivity index (χ1) is 8.20. The number of carboxylic acids is 2. The van der Waals surface area contributed by atoms with E-state index in [-0.39, 0.29) is 12.1 Å². The first-order valence-electron chi connectivity index (χ1n) is 5.44. The van der Waals surface area contributed by atoms with Crippen LogP contribution in [-0.4, -0.2) is 58.4 Å². The normalized spacial score (nSPS) is 27.7. The average Bonchev–Trinajstić information content (AvgIpc) is 2.22. The fraction of sp³-hybridized carbons (Fsp3) is 0.500. The van der Waals surface area contributed by atoms with E-state index in [1.165, 1.54) is 6.08 Å². The molecule has 1 aliphatic rings. The molecule has 0 heterocycles. The summed E-state index contributed by atoms with van der Waals surface area (Å²) in [6, 6.07) is 0. The van der Waals surface area contributed by atoms with Gasteiger partial charge in [-0.05, 0) is 32.7 Å². The van der Waals surface area contributed by atoms with E-state index in [0.717, 1.165) is 6.08 Å². The van der Waals surface area contributed by atoms with E-state index < -0.39 is 23.5 Å². The summed E-state index contributed by atoms with van der Waals surface area (Å²) in [7, 11) is 3.38. The van der Waals surface area contributed by atoms with Gasteiger partial charge in [-0.2, -0.15) is 0 Å². The molecule has 0 aromatic heterocycles. The van der Waals surface area contributed by atoms with Crippen LogP contribution in [0, 0.1) is 5.92 Å². The number of hydrogen-bond acceptors (Lipinski definition) is 4. The van der Waals surface area contributed by atoms with Crippen LogP contribution in [0.15, 0.2) is 23.3 Å². The van der Waals surface area contributed by atoms with E-state index in [9.17, 15) is 19.8 Å². The van der Waals surface area contributed by atoms with Crippen molar-refractivity contribution in [1.82, 2.24) is 4.90 Å². The van der Waals surface area contributed by atoms with Crippen LogP contribution < -0.4 is 0 Å². The van der Waals surface area contributed by atoms with Gasteiger partial charge in [-0.1, -0.05) is 6.08 Å². The zero-order valence-corrected chi connectivity index (χ0v) is 10.5. The highest BCUT2D eigenvalue weighted by molar-refractivity contribution is 5.93. The molecule has 1 rings (SSSR count). The van der Waals surface area contributed by atoms with Crippen molar-refractivity contribution in [2.24, 2.45) is 5.92 Å². The van der Waals surface area contributed by atoms with E-state index in [0.29, 0.717) is 5.57 Å². The Kier molecular flexibility index (Phi) is 3.93. The molecule has 6 heteroatoms. The Balaban J connectivity index is 3.32. The zero-order valence-electron chi connectivity index (χ0n) is 10.5. The second kappa shape index (κ2) is 4.91. The van der Waals surface area contributed by atoms with E-state index in [4.69, 9.17) is 5.11 Å². The van der Waals surface area contributed by atoms with Gasteiger partial charge in [-0.15, -0.1) is 0 Å². The maximum Gasteiger partial charge on any atom is 0.340 e. The molecule has 0 fully saturated rings. The quantitative estimate of drug-likeness (QED) is 0.651. The second-order valence-corrected chi connectivity index (χ2v) is 4.68. The third-order valence-electron chi connectivity index (χ3n) is 3.01. The van der Waals surface area contributed by atoms with Crippen molar-refractivity contribution in [2.75, 3.05) is 20.6 Å². The minimum atomic E-state index is -2.18. The highest BCUT2D eigenvalue weighted by Crippen LogP contribution is 2.34. The van der Waals surface area contributed by atoms with E-state index in [2.05, 4.69) is 0 Å². The lowest BCUT2D eigenvalue weighted by Crippen LogP contribution is -2.51. The molecule has 1 aliphatic carbocycles. The van der Waals surface area contributed by atoms with Crippen LogP contribution in [0.2, 0.25) is 0 Å². The maximum atomic E-state index is 11.3. The molecule has 100 valence electrons. The van der Waals surface area contributed by atoms with Crippen LogP contribution in [0.5, 0.6) is 0 Å². The second-order valence-electron chi connectivity index (χ2n) is 4.68. The number of nitrogens with zero attached hydrogens (tertiary/aromatic N) is 1. The number of carbonyl (C=O) groups is 2. The lowest BCUT2D eigenvalue weighted by atomic mass is 9.75. The molecule has 0 bridgehead atoms. The molecule has 3 N–H and O–H groups in total. The Hall–Kier alpha value is -1.66. The van der Waals surface area contributed by atoms with Crippen LogP contribution in [0.4, 0.5) is 0 Å². The smallest absolute Gasteiger partial charge is 0.340 e. The van der Waals surface area contributed by atoms with Gasteiger partial charge in [-0.3, -0.25) is 0 Å². The minimum absolute atomic E-state index is 0.0592. The van der Waals surface area contributed by atoms with E-state index in [1.54, 1.807) is 25.9 Å². The van der Waals surface area contributed by atoms with Gasteiger partial charge in [0.2, 0.25) is 0 Å². The predicted octanol–water partition coefficient (Wildman–Crippen LogP) is -0.0492. The van der Waals surface area contributed by atoms with Crippen molar-refractivity contribution < 1.29 is 24.9 Å². The average molecular weight is 255 g/mol. The largest absolute Gasteiger partial charge is 0.479 e. The summed E-state index contributed by atoms with van der Waals surface area (Å²) >= 11 is 0. The third-order valence-corrected chi connectivity index (χ3v) is 3.01. The van der Waals surface area contributed by atoms with E-state index >= 15 is 0 Å². The summed E-state index contributed by atoms with van der Waals surface area (Å²) in [4.78, 5) is 24.1. The molecule has 0 spiro atoms. The third kappa shape index (κ3) is 2.44. The summed E-state index contributed by atoms with van der Waals surface area (Å²) in [6.45, 7) is 1.72. The zero-order chi connectivity index (χ0) is 14.1. The molecule has 0 aromatic rings. The van der Waals surface area contributed by atoms with Gasteiger partial charge in [0.15, 0.2) is 5.60 Å². The van der Waals surface area contributed by atoms with Crippen LogP contribution in [0.3, 0.4) is 0 Å². The van der Waals surface area contributed by atoms with Crippen LogP contribution in [0.1, 0.15) is 6.92 Å². The molecule has 0 aliphatic heterocycles. The summed E-state index contributed by atoms with van der Waals surface area (Å²) < 4.78 is 0. The summed E-state index contributed by atoms with van der Waals surface area (Å²) in [5.41, 5.74) is -1.78. The Morgan fingerprint density at radius 2 is 1.94 bits per heavy atom. The summed E-state index contributed by atoms with van der Waals surface area (Å²) in [5, 5.41) is 28.5. The van der Waals surface area contributed by atoms with E-state index in [1.807, 2.05) is 0 Å². The standard InChI is InChI=1S/C12H17NO5/c1-7-4-5-12(18,11(16)17)8(6-13(2)3)9(7)10(14)15/h4-5,8,18H,6H2,1-3H3,(H,14,15)(H,16,17). The van der Waals surface area contributed by atoms with Crippen molar-refractivity contribution in [1.29, 1.82) is 0 Å². The fourth-order valence-electron chi connectivity index (χ4n) is 2.09. The molecule has 2 atom stereocenters. The highest BCUT2D eigenvalue weighted by atomic mass is 16.4. The molecule has 6 nitrogen and oxygen atoms in total. The van der Waals surface area contributed by atoms with Gasteiger partial charge in [0.1, 0.15) is 0 Å². The molecule has 0 radical (unpaired) electrons. The molecule has 0 amide bonds. The van der Waals surface area contributed by atoms with Crippen molar-refractivity contribution in [3.8, 4) is 0 Å². The monoisotopic (exact) mass is 255 g/mol. The molecule has 2 unspecified atom stereocenters. The van der Waals surface area contributed by atoms with Crippen LogP contribution in [-0.2, 0) is 9.59 Å². The number of rotatable bonds is 4. The first kappa shape index (κ1) is 14.4. The van der Waals surface area contributed by atoms with Gasteiger partial charge in [0, 0.05) is 18.0 Å². The molecule has 18 heavy (non-hydrogen) atoms. The lowest BCUT2D eigenvalue weighted by molar-refractivity contribution is -0.158. The fourth-order valence-corrected chi connectivity index (χ4v) is 2.09. The van der Waals surface area contributed by atoms with Crippen molar-refractivity contribution in [3.05, 3.63) is 23.3 Å². The Morgan fingerprint density at radius 1 is 1.39 bits per heavy atom. The van der Waals surface area contributed by atoms with Gasteiger partial charge in [0.25, 0.3) is 0 Å². The number of hydrogen-bond donors (Lipinski definition) is 3. The van der Waals surface area contributed by atoms with Crippen LogP contribution in [0.25, 0.3) is 0 Å². The number of carboxylic acid groups (broad SMARTS) is 2. The Labute approximate surface area is 105 Å². The maximum absolute atomic E-state index is 11.3. The van der Waals surface area contributed by atoms with Crippen molar-refractivity contribution in [3.63, 3.8) is 0 Å². The Morgan fingerprint density at radius 3 is 2.33 bits per heavy atom. The molecular weight excluding hydrogens is 238 g/mol. The predicted molar refractivity (Wildman–Crippen MR) is 64.1 cm³/mol. The lowest BCUT2D eigenvalue weighted by Gasteiger charge is -2.35. The SMILES string of the molecule is CC1=C(C(=O)O)C(CN(C)C)C(O)(C(=O)O)C=C1. The highest BCUT2D eigenvalue weighted by Gasteiger charge is 2.48. The minimum Gasteiger partial charge on any atom is -0.479 e. The topological polar surface area (TPSA) is 98.1 Å². The van der Waals surface area contributed by atoms with Gasteiger partial charge in [-0.25, -0.2) is 9.59 Å². The van der Waals surface area contributed by atoms with Crippen molar-refractivity contribution in [2.45, 2.75) is 12.5 Å². The number of allylic oxidation sites excluding steroid dienone is 2. The van der Waals surface area contributed by atoms with Crippen molar-refractivity contribution >= 4 is 11.9 Å². The first-order valence-corrected chi connectivity index (χ1v) is 5.44. The Bertz CT molecular complexity index is 438. The van der Waals surface area contributed by atoms with Crippen LogP contribution >= 0.6 is 0 Å². The molecular formula is C12H17NO5. The van der Waals surface area contributed by atoms with Gasteiger partial charge in [0.05, 0.1) is 0 Å². The summed E-state index contributed by atoms with van der Waals surface area (Å²) in [6.07, 6.45) is 2.48. The molecule has 0 saturated carbocycles. The number of aliphatic hydroxyl groups is 1. The summed E-state index contributed by atoms with van der Waals surface area (Å²) in [5.74, 6) is -3.66. The number of aliphatic carboxylic acids is 2. The molecule has 0 saturated heterocycles.